The van der Waals surface area contributed by atoms with E-state index in [1.54, 1.807) is 35.6 Å². The molecule has 68 heavy (non-hydrogen) atoms. The Labute approximate surface area is 433 Å². The van der Waals surface area contributed by atoms with Crippen molar-refractivity contribution in [2.75, 3.05) is 0 Å². The van der Waals surface area contributed by atoms with Crippen molar-refractivity contribution < 1.29 is 33.8 Å². The zero-order chi connectivity index (χ0) is 54.1. The molecule has 12 aromatic rings. The van der Waals surface area contributed by atoms with Crippen molar-refractivity contribution in [3.8, 4) is 39.5 Å². The Kier molecular flexibility index (Phi) is 9.85. The van der Waals surface area contributed by atoms with Gasteiger partial charge in [0.25, 0.3) is 0 Å². The van der Waals surface area contributed by atoms with E-state index >= 15 is 0 Å². The molecule has 0 atom stereocenters. The number of aryl methyl sites for hydroxylation is 1. The summed E-state index contributed by atoms with van der Waals surface area (Å²) in [6.45, 7) is 1.30. The van der Waals surface area contributed by atoms with E-state index in [0.717, 1.165) is 81.0 Å². The molecule has 0 saturated heterocycles. The number of fused-ring (bicyclic) bond motifs is 7. The number of nitrogens with zero attached hydrogens (tertiary/aromatic N) is 3. The second-order valence-corrected chi connectivity index (χ2v) is 23.5. The van der Waals surface area contributed by atoms with E-state index < -0.39 is 37.4 Å². The summed E-state index contributed by atoms with van der Waals surface area (Å²) in [7, 11) is 0. The molecule has 0 aliphatic carbocycles. The number of thiophene rings is 1. The first-order valence-electron chi connectivity index (χ1n) is 27.1. The van der Waals surface area contributed by atoms with Gasteiger partial charge in [-0.25, -0.2) is 0 Å². The van der Waals surface area contributed by atoms with Crippen molar-refractivity contribution >= 4 is 81.7 Å². The summed E-state index contributed by atoms with van der Waals surface area (Å²) in [5.74, 6) is 2.13. The first-order chi connectivity index (χ1) is 36.8. The Morgan fingerprint density at radius 1 is 0.662 bits per heavy atom. The second-order valence-electron chi connectivity index (χ2n) is 16.6. The molecule has 1 radical (unpaired) electrons. The number of hydrogen-bond donors (Lipinski definition) is 0. The molecule has 333 valence electrons. The minimum absolute atomic E-state index is 0. The molecule has 3 nitrogen and oxygen atoms in total. The summed E-state index contributed by atoms with van der Waals surface area (Å²) in [6.07, 6.45) is -2.28. The van der Waals surface area contributed by atoms with Crippen LogP contribution in [0.1, 0.15) is 37.3 Å². The Bertz CT molecular complexity index is 4160. The van der Waals surface area contributed by atoms with Crippen LogP contribution in [0.25, 0.3) is 92.2 Å². The maximum Gasteiger partial charge on any atom is 0.0852 e. The van der Waals surface area contributed by atoms with E-state index in [1.807, 2.05) is 48.5 Å². The molecule has 0 fully saturated rings. The summed E-state index contributed by atoms with van der Waals surface area (Å²) in [5, 5.41) is 6.76. The van der Waals surface area contributed by atoms with Crippen molar-refractivity contribution in [1.29, 1.82) is 0 Å². The van der Waals surface area contributed by atoms with Crippen LogP contribution in [0.15, 0.2) is 200 Å². The van der Waals surface area contributed by atoms with Gasteiger partial charge in [0.2, 0.25) is 0 Å². The quantitative estimate of drug-likeness (QED) is 0.112. The summed E-state index contributed by atoms with van der Waals surface area (Å²) in [4.78, 5) is 9.79. The summed E-state index contributed by atoms with van der Waals surface area (Å²) >= 11 is -3.09. The number of imidazole rings is 1. The van der Waals surface area contributed by atoms with Gasteiger partial charge < -0.3 is 4.57 Å². The third kappa shape index (κ3) is 8.65. The van der Waals surface area contributed by atoms with Crippen molar-refractivity contribution in [2.45, 2.75) is 36.8 Å². The van der Waals surface area contributed by atoms with Crippen LogP contribution < -0.4 is 4.40 Å². The van der Waals surface area contributed by atoms with Crippen LogP contribution in [0.3, 0.4) is 0 Å². The number of pyridine rings is 1. The van der Waals surface area contributed by atoms with E-state index in [-0.39, 0.29) is 30.1 Å². The number of rotatable bonds is 8. The zero-order valence-electron chi connectivity index (χ0n) is 47.1. The van der Waals surface area contributed by atoms with Crippen molar-refractivity contribution in [3.63, 3.8) is 0 Å². The number of hydrogen-bond acceptors (Lipinski definition) is 3. The van der Waals surface area contributed by atoms with Crippen LogP contribution in [0.4, 0.5) is 0 Å². The van der Waals surface area contributed by atoms with E-state index in [1.165, 1.54) is 24.9 Å². The third-order valence-electron chi connectivity index (χ3n) is 12.2. The van der Waals surface area contributed by atoms with Crippen LogP contribution in [0.2, 0.25) is 17.1 Å². The maximum atomic E-state index is 9.05. The Morgan fingerprint density at radius 3 is 2.15 bits per heavy atom. The molecule has 0 N–H and O–H groups in total. The van der Waals surface area contributed by atoms with Gasteiger partial charge in [-0.15, -0.1) is 18.2 Å². The minimum atomic E-state index is -4.77. The standard InChI is InChI=1S/C46H29N2S.C16H20GeN.Ir/c1-3-12-30(13-4-1)28-31-22-25-38-39-20-11-21-40(45(39)49-42(38)29-31)46-47-43-35-18-9-7-16-33(35)24-27-41(43)48(46)44-36-19-10-8-17-34(36)23-26-37(44)32-14-5-2-6-15-32;1-5-13-11-16(14-9-7-6-8-10-14)18-12-15(13)17(2,3)4;/h1-20,22-27,29H,28H2;6-9,11-12H,5H2,1-4H3;/q2*-1;/i28D2;2D3,3D3,5D2;. The maximum absolute atomic E-state index is 9.05. The topological polar surface area (TPSA) is 30.7 Å². The molecule has 3 heterocycles. The molecule has 0 amide bonds. The first-order valence-corrected chi connectivity index (χ1v) is 28.2. The SMILES string of the molecule is [2H]C([2H])(C)c1cc(-c2[c-]cccc2)nc[c]1[Ge]([CH3])([C]([2H])([2H])[2H])[C]([2H])([2H])[2H].[2H]C([2H])(c1ccccc1)c1ccc2c(c1)sc1c(-c3nc4c5ccccc5ccc4n3-c3c(-c4ccccc4)ccc4ccccc34)[c-]ccc12.[Ir]. The van der Waals surface area contributed by atoms with Gasteiger partial charge in [0, 0.05) is 43.9 Å². The van der Waals surface area contributed by atoms with Crippen LogP contribution in [0.5, 0.6) is 0 Å². The Hall–Kier alpha value is -6.47. The summed E-state index contributed by atoms with van der Waals surface area (Å²) in [6, 6.07) is 71.1. The van der Waals surface area contributed by atoms with E-state index in [0.29, 0.717) is 22.4 Å². The molecular weight excluding hydrogens is 1080 g/mol. The average molecular weight is 1140 g/mol. The number of benzene rings is 9. The molecule has 0 saturated carbocycles. The van der Waals surface area contributed by atoms with Crippen molar-refractivity contribution in [3.05, 3.63) is 229 Å². The monoisotopic (exact) mass is 1140 g/mol. The van der Waals surface area contributed by atoms with Gasteiger partial charge in [0.1, 0.15) is 0 Å². The fourth-order valence-corrected chi connectivity index (χ4v) is 12.4. The Morgan fingerprint density at radius 2 is 1.38 bits per heavy atom. The molecule has 0 aliphatic heterocycles. The summed E-state index contributed by atoms with van der Waals surface area (Å²) < 4.78 is 86.3. The van der Waals surface area contributed by atoms with Gasteiger partial charge in [-0.2, -0.15) is 11.3 Å². The van der Waals surface area contributed by atoms with Gasteiger partial charge in [-0.3, -0.25) is 4.98 Å². The normalized spacial score (nSPS) is 14.5. The smallest absolute Gasteiger partial charge is 0.0852 e. The minimum Gasteiger partial charge on any atom is -0.332 e. The van der Waals surface area contributed by atoms with Crippen molar-refractivity contribution in [2.24, 2.45) is 0 Å². The molecule has 6 heteroatoms. The van der Waals surface area contributed by atoms with E-state index in [4.69, 9.17) is 18.7 Å². The van der Waals surface area contributed by atoms with Gasteiger partial charge in [0.15, 0.2) is 0 Å². The largest absolute Gasteiger partial charge is 0.332 e. The number of aromatic nitrogens is 3. The van der Waals surface area contributed by atoms with Gasteiger partial charge in [-0.1, -0.05) is 150 Å². The predicted octanol–water partition coefficient (Wildman–Crippen LogP) is 16.1. The molecule has 9 aromatic carbocycles. The van der Waals surface area contributed by atoms with Gasteiger partial charge >= 0.3 is 123 Å². The second kappa shape index (κ2) is 19.3. The molecule has 0 unspecified atom stereocenters. The van der Waals surface area contributed by atoms with Crippen LogP contribution in [0, 0.1) is 12.1 Å². The zero-order valence-corrected chi connectivity index (χ0v) is 42.4. The molecule has 12 rings (SSSR count). The van der Waals surface area contributed by atoms with E-state index in [9.17, 15) is 0 Å². The average Bonchev–Trinajstić information content (AvgIpc) is 3.98. The fraction of sp³-hybridized carbons (Fsp3) is 0.0968. The third-order valence-corrected chi connectivity index (χ3v) is 16.5. The molecule has 0 aliphatic rings. The summed E-state index contributed by atoms with van der Waals surface area (Å²) in [5.41, 5.74) is 3.28. The Balaban J connectivity index is 0.000000217. The molecule has 3 aromatic heterocycles. The van der Waals surface area contributed by atoms with Crippen molar-refractivity contribution in [1.82, 2.24) is 14.5 Å². The fourth-order valence-electron chi connectivity index (χ4n) is 8.99. The molecule has 0 bridgehead atoms. The van der Waals surface area contributed by atoms with Crippen LogP contribution in [-0.2, 0) is 32.9 Å². The first kappa shape index (κ1) is 34.8. The van der Waals surface area contributed by atoms with Crippen LogP contribution in [-0.4, -0.2) is 27.8 Å². The van der Waals surface area contributed by atoms with Gasteiger partial charge in [-0.05, 0) is 56.1 Å². The predicted molar refractivity (Wildman–Crippen MR) is 289 cm³/mol. The van der Waals surface area contributed by atoms with Crippen LogP contribution >= 0.6 is 11.3 Å². The van der Waals surface area contributed by atoms with Gasteiger partial charge in [0.05, 0.1) is 22.5 Å². The molecule has 0 spiro atoms. The molecular formula is C62H49GeIrN3S-2. The van der Waals surface area contributed by atoms with E-state index in [2.05, 4.69) is 137 Å².